The molecule has 0 bridgehead atoms. The van der Waals surface area contributed by atoms with Crippen LogP contribution in [0, 0.1) is 5.41 Å². The van der Waals surface area contributed by atoms with Gasteiger partial charge in [-0.2, -0.15) is 0 Å². The van der Waals surface area contributed by atoms with Gasteiger partial charge in [0.25, 0.3) is 0 Å². The molecule has 1 N–H and O–H groups in total. The van der Waals surface area contributed by atoms with Crippen LogP contribution >= 0.6 is 0 Å². The summed E-state index contributed by atoms with van der Waals surface area (Å²) in [4.78, 5) is 11.8. The molecule has 0 fully saturated rings. The van der Waals surface area contributed by atoms with Gasteiger partial charge >= 0.3 is 5.97 Å². The Hall–Kier alpha value is -0.570. The minimum Gasteiger partial charge on any atom is -0.459 e. The van der Waals surface area contributed by atoms with Crippen molar-refractivity contribution < 1.29 is 14.6 Å². The molecular weight excluding hydrogens is 180 g/mol. The van der Waals surface area contributed by atoms with Gasteiger partial charge in [-0.1, -0.05) is 13.8 Å². The van der Waals surface area contributed by atoms with Gasteiger partial charge in [0.1, 0.15) is 5.60 Å². The van der Waals surface area contributed by atoms with E-state index in [1.165, 1.54) is 0 Å². The molecule has 0 heterocycles. The first-order valence-corrected chi connectivity index (χ1v) is 5.15. The maximum Gasteiger partial charge on any atom is 0.314 e. The summed E-state index contributed by atoms with van der Waals surface area (Å²) in [6, 6.07) is 0. The summed E-state index contributed by atoms with van der Waals surface area (Å²) >= 11 is 0. The van der Waals surface area contributed by atoms with Gasteiger partial charge in [-0.15, -0.1) is 0 Å². The highest BCUT2D eigenvalue weighted by atomic mass is 16.6. The average molecular weight is 202 g/mol. The van der Waals surface area contributed by atoms with Crippen LogP contribution in [0.3, 0.4) is 0 Å². The predicted molar refractivity (Wildman–Crippen MR) is 55.9 cm³/mol. The second kappa shape index (κ2) is 4.78. The number of ether oxygens (including phenoxy) is 1. The van der Waals surface area contributed by atoms with Crippen molar-refractivity contribution >= 4 is 5.97 Å². The molecule has 3 heteroatoms. The Morgan fingerprint density at radius 2 is 1.64 bits per heavy atom. The highest BCUT2D eigenvalue weighted by molar-refractivity contribution is 5.77. The Labute approximate surface area is 86.5 Å². The van der Waals surface area contributed by atoms with Gasteiger partial charge in [-0.05, 0) is 33.6 Å². The van der Waals surface area contributed by atoms with Crippen molar-refractivity contribution in [3.05, 3.63) is 0 Å². The lowest BCUT2D eigenvalue weighted by molar-refractivity contribution is -0.170. The molecule has 0 aliphatic heterocycles. The number of aliphatic hydroxyl groups is 1. The fourth-order valence-corrected chi connectivity index (χ4v) is 1.21. The van der Waals surface area contributed by atoms with E-state index in [-0.39, 0.29) is 12.6 Å². The Bertz CT molecular complexity index is 179. The smallest absolute Gasteiger partial charge is 0.314 e. The van der Waals surface area contributed by atoms with Crippen molar-refractivity contribution in [1.82, 2.24) is 0 Å². The van der Waals surface area contributed by atoms with E-state index >= 15 is 0 Å². The van der Waals surface area contributed by atoms with Gasteiger partial charge in [0, 0.05) is 0 Å². The lowest BCUT2D eigenvalue weighted by Crippen LogP contribution is -2.39. The zero-order valence-electron chi connectivity index (χ0n) is 9.89. The summed E-state index contributed by atoms with van der Waals surface area (Å²) in [6.45, 7) is 9.14. The molecule has 0 unspecified atom stereocenters. The van der Waals surface area contributed by atoms with Gasteiger partial charge < -0.3 is 9.84 Å². The molecule has 0 amide bonds. The minimum atomic E-state index is -0.715. The zero-order valence-corrected chi connectivity index (χ0v) is 9.89. The molecule has 0 saturated carbocycles. The van der Waals surface area contributed by atoms with Gasteiger partial charge in [0.05, 0.1) is 12.0 Å². The maximum atomic E-state index is 11.8. The number of rotatable bonds is 4. The first-order chi connectivity index (χ1) is 6.31. The van der Waals surface area contributed by atoms with Crippen molar-refractivity contribution in [1.29, 1.82) is 0 Å². The Balaban J connectivity index is 4.61. The third-order valence-electron chi connectivity index (χ3n) is 2.49. The van der Waals surface area contributed by atoms with E-state index in [2.05, 4.69) is 0 Å². The number of hydrogen-bond donors (Lipinski definition) is 1. The summed E-state index contributed by atoms with van der Waals surface area (Å²) in [5.41, 5.74) is -1.20. The molecule has 0 radical (unpaired) electrons. The topological polar surface area (TPSA) is 46.5 Å². The van der Waals surface area contributed by atoms with E-state index in [0.29, 0.717) is 12.8 Å². The molecule has 14 heavy (non-hydrogen) atoms. The van der Waals surface area contributed by atoms with Crippen molar-refractivity contribution in [3.63, 3.8) is 0 Å². The Kier molecular flexibility index (Phi) is 4.59. The maximum absolute atomic E-state index is 11.8. The standard InChI is InChI=1S/C11H22O3/c1-6-11(7-2,8-12)9(13)14-10(3,4)5/h12H,6-8H2,1-5H3. The van der Waals surface area contributed by atoms with Crippen LogP contribution in [-0.4, -0.2) is 23.3 Å². The molecular formula is C11H22O3. The number of aliphatic hydroxyl groups excluding tert-OH is 1. The van der Waals surface area contributed by atoms with Crippen LogP contribution in [-0.2, 0) is 9.53 Å². The molecule has 0 aromatic carbocycles. The summed E-state index contributed by atoms with van der Waals surface area (Å²) in [6.07, 6.45) is 1.21. The summed E-state index contributed by atoms with van der Waals surface area (Å²) in [7, 11) is 0. The average Bonchev–Trinajstić information content (AvgIpc) is 2.05. The van der Waals surface area contributed by atoms with Crippen LogP contribution in [0.5, 0.6) is 0 Å². The number of esters is 1. The minimum absolute atomic E-state index is 0.144. The van der Waals surface area contributed by atoms with E-state index < -0.39 is 11.0 Å². The van der Waals surface area contributed by atoms with Gasteiger partial charge in [0.15, 0.2) is 0 Å². The van der Waals surface area contributed by atoms with Crippen molar-refractivity contribution in [2.45, 2.75) is 53.1 Å². The molecule has 0 spiro atoms. The van der Waals surface area contributed by atoms with Crippen LogP contribution in [0.4, 0.5) is 0 Å². The normalized spacial score (nSPS) is 12.7. The molecule has 84 valence electrons. The number of carbonyl (C=O) groups excluding carboxylic acids is 1. The summed E-state index contributed by atoms with van der Waals surface area (Å²) in [5, 5.41) is 9.24. The van der Waals surface area contributed by atoms with Crippen molar-refractivity contribution in [3.8, 4) is 0 Å². The quantitative estimate of drug-likeness (QED) is 0.710. The molecule has 3 nitrogen and oxygen atoms in total. The first kappa shape index (κ1) is 13.4. The zero-order chi connectivity index (χ0) is 11.4. The van der Waals surface area contributed by atoms with Crippen LogP contribution in [0.2, 0.25) is 0 Å². The van der Waals surface area contributed by atoms with E-state index in [1.54, 1.807) is 0 Å². The number of carbonyl (C=O) groups is 1. The van der Waals surface area contributed by atoms with Crippen LogP contribution in [0.15, 0.2) is 0 Å². The molecule has 0 aliphatic carbocycles. The van der Waals surface area contributed by atoms with Crippen LogP contribution in [0.25, 0.3) is 0 Å². The second-order valence-corrected chi connectivity index (χ2v) is 4.65. The van der Waals surface area contributed by atoms with Crippen LogP contribution in [0.1, 0.15) is 47.5 Å². The third kappa shape index (κ3) is 3.29. The lowest BCUT2D eigenvalue weighted by atomic mass is 9.83. The SMILES string of the molecule is CCC(CC)(CO)C(=O)OC(C)(C)C. The third-order valence-corrected chi connectivity index (χ3v) is 2.49. The first-order valence-electron chi connectivity index (χ1n) is 5.15. The molecule has 0 rings (SSSR count). The molecule has 0 atom stereocenters. The van der Waals surface area contributed by atoms with E-state index in [4.69, 9.17) is 4.74 Å². The number of hydrogen-bond acceptors (Lipinski definition) is 3. The fourth-order valence-electron chi connectivity index (χ4n) is 1.21. The van der Waals surface area contributed by atoms with Crippen LogP contribution < -0.4 is 0 Å². The van der Waals surface area contributed by atoms with Crippen molar-refractivity contribution in [2.75, 3.05) is 6.61 Å². The molecule has 0 aromatic heterocycles. The highest BCUT2D eigenvalue weighted by Crippen LogP contribution is 2.29. The van der Waals surface area contributed by atoms with E-state index in [0.717, 1.165) is 0 Å². The summed E-state index contributed by atoms with van der Waals surface area (Å²) in [5.74, 6) is -0.294. The highest BCUT2D eigenvalue weighted by Gasteiger charge is 2.37. The molecule has 0 saturated heterocycles. The Morgan fingerprint density at radius 3 is 1.86 bits per heavy atom. The Morgan fingerprint density at radius 1 is 1.21 bits per heavy atom. The lowest BCUT2D eigenvalue weighted by Gasteiger charge is -2.31. The van der Waals surface area contributed by atoms with E-state index in [9.17, 15) is 9.90 Å². The van der Waals surface area contributed by atoms with Gasteiger partial charge in [0.2, 0.25) is 0 Å². The fraction of sp³-hybridized carbons (Fsp3) is 0.909. The molecule has 0 aliphatic rings. The second-order valence-electron chi connectivity index (χ2n) is 4.65. The largest absolute Gasteiger partial charge is 0.459 e. The van der Waals surface area contributed by atoms with Gasteiger partial charge in [-0.25, -0.2) is 0 Å². The van der Waals surface area contributed by atoms with E-state index in [1.807, 2.05) is 34.6 Å². The monoisotopic (exact) mass is 202 g/mol. The van der Waals surface area contributed by atoms with Crippen molar-refractivity contribution in [2.24, 2.45) is 5.41 Å². The summed E-state index contributed by atoms with van der Waals surface area (Å²) < 4.78 is 5.28. The van der Waals surface area contributed by atoms with Gasteiger partial charge in [-0.3, -0.25) is 4.79 Å². The molecule has 0 aromatic rings. The predicted octanol–water partition coefficient (Wildman–Crippen LogP) is 2.13.